The van der Waals surface area contributed by atoms with Gasteiger partial charge in [-0.25, -0.2) is 4.98 Å². The van der Waals surface area contributed by atoms with Crippen molar-refractivity contribution in [3.8, 4) is 0 Å². The normalized spacial score (nSPS) is 11.6. The maximum Gasteiger partial charge on any atom is 0.416 e. The molecule has 0 aliphatic rings. The van der Waals surface area contributed by atoms with Crippen molar-refractivity contribution in [2.75, 3.05) is 0 Å². The van der Waals surface area contributed by atoms with E-state index >= 15 is 0 Å². The topological polar surface area (TPSA) is 12.9 Å². The zero-order chi connectivity index (χ0) is 14.0. The van der Waals surface area contributed by atoms with E-state index in [-0.39, 0.29) is 0 Å². The van der Waals surface area contributed by atoms with E-state index in [0.717, 1.165) is 21.5 Å². The van der Waals surface area contributed by atoms with Crippen molar-refractivity contribution in [3.63, 3.8) is 0 Å². The minimum atomic E-state index is -4.33. The Morgan fingerprint density at radius 2 is 1.84 bits per heavy atom. The van der Waals surface area contributed by atoms with Crippen molar-refractivity contribution >= 4 is 43.6 Å². The van der Waals surface area contributed by atoms with Gasteiger partial charge in [0, 0.05) is 16.0 Å². The standard InChI is InChI=1S/C12H6Br2F3NS/c13-10-9(4-5-18-11(10)14)19-8-3-1-2-7(6-8)12(15,16)17/h1-6H. The zero-order valence-corrected chi connectivity index (χ0v) is 13.2. The number of rotatable bonds is 2. The van der Waals surface area contributed by atoms with E-state index in [1.165, 1.54) is 17.8 Å². The second-order valence-corrected chi connectivity index (χ2v) is 6.20. The van der Waals surface area contributed by atoms with E-state index in [4.69, 9.17) is 0 Å². The summed E-state index contributed by atoms with van der Waals surface area (Å²) in [6.07, 6.45) is -2.74. The van der Waals surface area contributed by atoms with Crippen LogP contribution in [0.5, 0.6) is 0 Å². The Hall–Kier alpha value is -0.530. The molecule has 0 aliphatic heterocycles. The van der Waals surface area contributed by atoms with Gasteiger partial charge in [-0.1, -0.05) is 17.8 Å². The average Bonchev–Trinajstić information content (AvgIpc) is 2.34. The summed E-state index contributed by atoms with van der Waals surface area (Å²) in [6, 6.07) is 6.96. The van der Waals surface area contributed by atoms with Crippen LogP contribution in [0, 0.1) is 0 Å². The molecule has 2 aromatic rings. The van der Waals surface area contributed by atoms with Gasteiger partial charge in [-0.2, -0.15) is 13.2 Å². The maximum absolute atomic E-state index is 12.6. The van der Waals surface area contributed by atoms with E-state index in [9.17, 15) is 13.2 Å². The third kappa shape index (κ3) is 3.73. The molecule has 1 heterocycles. The van der Waals surface area contributed by atoms with Gasteiger partial charge in [0.15, 0.2) is 0 Å². The highest BCUT2D eigenvalue weighted by Gasteiger charge is 2.30. The highest BCUT2D eigenvalue weighted by molar-refractivity contribution is 9.13. The summed E-state index contributed by atoms with van der Waals surface area (Å²) >= 11 is 7.84. The number of hydrogen-bond acceptors (Lipinski definition) is 2. The Morgan fingerprint density at radius 3 is 2.53 bits per heavy atom. The van der Waals surface area contributed by atoms with Crippen LogP contribution in [-0.4, -0.2) is 4.98 Å². The molecule has 0 aliphatic carbocycles. The lowest BCUT2D eigenvalue weighted by molar-refractivity contribution is -0.137. The second-order valence-electron chi connectivity index (χ2n) is 3.54. The van der Waals surface area contributed by atoms with Crippen molar-refractivity contribution in [1.82, 2.24) is 4.98 Å². The molecule has 0 atom stereocenters. The van der Waals surface area contributed by atoms with Crippen LogP contribution in [0.15, 0.2) is 55.4 Å². The number of benzene rings is 1. The molecule has 100 valence electrons. The molecule has 0 amide bonds. The summed E-state index contributed by atoms with van der Waals surface area (Å²) in [5, 5.41) is 0. The second kappa shape index (κ2) is 5.85. The molecule has 19 heavy (non-hydrogen) atoms. The summed E-state index contributed by atoms with van der Waals surface area (Å²) in [5.74, 6) is 0. The SMILES string of the molecule is FC(F)(F)c1cccc(Sc2ccnc(Br)c2Br)c1. The first-order valence-corrected chi connectivity index (χ1v) is 7.43. The molecule has 7 heteroatoms. The first kappa shape index (κ1) is 14.9. The lowest BCUT2D eigenvalue weighted by Crippen LogP contribution is -2.04. The van der Waals surface area contributed by atoms with E-state index < -0.39 is 11.7 Å². The van der Waals surface area contributed by atoms with Gasteiger partial charge in [0.2, 0.25) is 0 Å². The highest BCUT2D eigenvalue weighted by atomic mass is 79.9. The van der Waals surface area contributed by atoms with Crippen molar-refractivity contribution < 1.29 is 13.2 Å². The molecule has 2 rings (SSSR count). The lowest BCUT2D eigenvalue weighted by atomic mass is 10.2. The zero-order valence-electron chi connectivity index (χ0n) is 9.21. The van der Waals surface area contributed by atoms with E-state index in [0.29, 0.717) is 9.50 Å². The van der Waals surface area contributed by atoms with Crippen molar-refractivity contribution in [2.45, 2.75) is 16.0 Å². The van der Waals surface area contributed by atoms with Crippen LogP contribution < -0.4 is 0 Å². The molecule has 0 unspecified atom stereocenters. The van der Waals surface area contributed by atoms with Crippen molar-refractivity contribution in [3.05, 3.63) is 51.2 Å². The number of aromatic nitrogens is 1. The largest absolute Gasteiger partial charge is 0.416 e. The maximum atomic E-state index is 12.6. The Kier molecular flexibility index (Phi) is 4.58. The van der Waals surface area contributed by atoms with Crippen LogP contribution in [0.4, 0.5) is 13.2 Å². The highest BCUT2D eigenvalue weighted by Crippen LogP contribution is 2.38. The first-order chi connectivity index (χ1) is 8.88. The van der Waals surface area contributed by atoms with Gasteiger partial charge in [0.05, 0.1) is 10.0 Å². The fraction of sp³-hybridized carbons (Fsp3) is 0.0833. The van der Waals surface area contributed by atoms with Crippen LogP contribution >= 0.6 is 43.6 Å². The Labute approximate surface area is 128 Å². The predicted molar refractivity (Wildman–Crippen MR) is 75.2 cm³/mol. The van der Waals surface area contributed by atoms with Crippen LogP contribution in [-0.2, 0) is 6.18 Å². The van der Waals surface area contributed by atoms with Crippen LogP contribution in [0.1, 0.15) is 5.56 Å². The fourth-order valence-corrected chi connectivity index (χ4v) is 3.19. The van der Waals surface area contributed by atoms with Crippen molar-refractivity contribution in [1.29, 1.82) is 0 Å². The first-order valence-electron chi connectivity index (χ1n) is 5.03. The number of alkyl halides is 3. The Bertz CT molecular complexity index is 602. The average molecular weight is 413 g/mol. The molecular formula is C12H6Br2F3NS. The fourth-order valence-electron chi connectivity index (χ4n) is 1.34. The quantitative estimate of drug-likeness (QED) is 0.580. The van der Waals surface area contributed by atoms with E-state index in [2.05, 4.69) is 36.8 Å². The van der Waals surface area contributed by atoms with Gasteiger partial charge in [0.1, 0.15) is 4.60 Å². The summed E-state index contributed by atoms with van der Waals surface area (Å²) in [5.41, 5.74) is -0.651. The number of pyridine rings is 1. The molecule has 1 aromatic heterocycles. The van der Waals surface area contributed by atoms with Crippen LogP contribution in [0.25, 0.3) is 0 Å². The van der Waals surface area contributed by atoms with Crippen molar-refractivity contribution in [2.24, 2.45) is 0 Å². The minimum Gasteiger partial charge on any atom is -0.248 e. The minimum absolute atomic E-state index is 0.522. The monoisotopic (exact) mass is 411 g/mol. The predicted octanol–water partition coefficient (Wildman–Crippen LogP) is 5.78. The van der Waals surface area contributed by atoms with Gasteiger partial charge in [-0.05, 0) is 56.1 Å². The van der Waals surface area contributed by atoms with Crippen LogP contribution in [0.3, 0.4) is 0 Å². The molecule has 0 radical (unpaired) electrons. The molecule has 0 fully saturated rings. The molecule has 1 nitrogen and oxygen atoms in total. The summed E-state index contributed by atoms with van der Waals surface area (Å²) in [6.45, 7) is 0. The summed E-state index contributed by atoms with van der Waals surface area (Å²) < 4.78 is 39.2. The smallest absolute Gasteiger partial charge is 0.248 e. The van der Waals surface area contributed by atoms with Gasteiger partial charge < -0.3 is 0 Å². The van der Waals surface area contributed by atoms with Crippen LogP contribution in [0.2, 0.25) is 0 Å². The molecule has 1 aromatic carbocycles. The lowest BCUT2D eigenvalue weighted by Gasteiger charge is -2.09. The molecule has 0 N–H and O–H groups in total. The molecule has 0 spiro atoms. The number of hydrogen-bond donors (Lipinski definition) is 0. The number of nitrogens with zero attached hydrogens (tertiary/aromatic N) is 1. The molecule has 0 bridgehead atoms. The third-order valence-corrected chi connectivity index (χ3v) is 5.45. The van der Waals surface area contributed by atoms with Gasteiger partial charge in [-0.15, -0.1) is 0 Å². The van der Waals surface area contributed by atoms with Gasteiger partial charge in [-0.3, -0.25) is 0 Å². The number of halogens is 5. The van der Waals surface area contributed by atoms with E-state index in [1.54, 1.807) is 18.3 Å². The Balaban J connectivity index is 2.31. The summed E-state index contributed by atoms with van der Waals surface area (Å²) in [4.78, 5) is 5.33. The third-order valence-electron chi connectivity index (χ3n) is 2.20. The molecular weight excluding hydrogens is 407 g/mol. The van der Waals surface area contributed by atoms with Gasteiger partial charge in [0.25, 0.3) is 0 Å². The summed E-state index contributed by atoms with van der Waals surface area (Å²) in [7, 11) is 0. The van der Waals surface area contributed by atoms with E-state index in [1.807, 2.05) is 0 Å². The molecule has 0 saturated carbocycles. The Morgan fingerprint density at radius 1 is 1.11 bits per heavy atom. The van der Waals surface area contributed by atoms with Gasteiger partial charge >= 0.3 is 6.18 Å². The molecule has 0 saturated heterocycles.